The summed E-state index contributed by atoms with van der Waals surface area (Å²) in [5, 5.41) is 4.91. The number of imidazole rings is 1. The summed E-state index contributed by atoms with van der Waals surface area (Å²) in [6, 6.07) is 0.678. The number of carbonyl (C=O) groups excluding carboxylic acids is 1. The number of nitrogens with one attached hydrogen (secondary N) is 2. The summed E-state index contributed by atoms with van der Waals surface area (Å²) in [5.41, 5.74) is -2.65. The molecule has 0 atom stereocenters. The van der Waals surface area contributed by atoms with Crippen LogP contribution in [0.25, 0.3) is 21.4 Å². The number of hydrogen-bond acceptors (Lipinski definition) is 6. The minimum atomic E-state index is -5.03. The lowest BCUT2D eigenvalue weighted by Crippen LogP contribution is -2.20. The van der Waals surface area contributed by atoms with Crippen molar-refractivity contribution in [3.63, 3.8) is 0 Å². The topological polar surface area (TPSA) is 84.7 Å². The molecule has 0 aliphatic rings. The summed E-state index contributed by atoms with van der Waals surface area (Å²) in [6.07, 6.45) is -8.44. The second-order valence-corrected chi connectivity index (χ2v) is 7.62. The van der Waals surface area contributed by atoms with E-state index in [-0.39, 0.29) is 23.3 Å². The molecule has 0 saturated carbocycles. The monoisotopic (exact) mass is 474 g/mol. The zero-order valence-electron chi connectivity index (χ0n) is 16.2. The van der Waals surface area contributed by atoms with Crippen molar-refractivity contribution in [1.82, 2.24) is 19.5 Å². The van der Waals surface area contributed by atoms with Crippen molar-refractivity contribution < 1.29 is 31.1 Å². The molecule has 14 heteroatoms. The summed E-state index contributed by atoms with van der Waals surface area (Å²) in [7, 11) is 3.32. The van der Waals surface area contributed by atoms with Gasteiger partial charge in [0, 0.05) is 14.1 Å². The molecule has 0 unspecified atom stereocenters. The smallest absolute Gasteiger partial charge is 0.371 e. The molecule has 3 aromatic heterocycles. The predicted molar refractivity (Wildman–Crippen MR) is 106 cm³/mol. The zero-order valence-corrected chi connectivity index (χ0v) is 17.0. The molecular formula is C18H12F6N6OS. The van der Waals surface area contributed by atoms with Crippen LogP contribution in [-0.2, 0) is 19.4 Å². The van der Waals surface area contributed by atoms with Crippen LogP contribution in [0.1, 0.15) is 21.5 Å². The molecule has 1 amide bonds. The molecule has 7 nitrogen and oxygen atoms in total. The minimum Gasteiger partial charge on any atom is -0.371 e. The fourth-order valence-corrected chi connectivity index (χ4v) is 3.97. The van der Waals surface area contributed by atoms with Gasteiger partial charge < -0.3 is 9.88 Å². The van der Waals surface area contributed by atoms with Crippen LogP contribution in [0.2, 0.25) is 0 Å². The fraction of sp³-hybridized carbons (Fsp3) is 0.222. The Kier molecular flexibility index (Phi) is 4.99. The average Bonchev–Trinajstić information content (AvgIpc) is 3.28. The van der Waals surface area contributed by atoms with Crippen LogP contribution in [0.5, 0.6) is 0 Å². The number of aromatic nitrogens is 4. The maximum absolute atomic E-state index is 13.3. The highest BCUT2D eigenvalue weighted by Crippen LogP contribution is 2.38. The Hall–Kier alpha value is -3.42. The van der Waals surface area contributed by atoms with Crippen molar-refractivity contribution in [2.75, 3.05) is 17.7 Å². The lowest BCUT2D eigenvalue weighted by atomic mass is 10.0. The lowest BCUT2D eigenvalue weighted by Gasteiger charge is -2.15. The van der Waals surface area contributed by atoms with Gasteiger partial charge >= 0.3 is 12.4 Å². The number of carbonyl (C=O) groups is 1. The second kappa shape index (κ2) is 7.32. The molecule has 0 saturated heterocycles. The molecule has 168 valence electrons. The number of alkyl halides is 6. The number of benzene rings is 1. The molecule has 0 aliphatic carbocycles. The molecule has 4 rings (SSSR count). The first-order valence-electron chi connectivity index (χ1n) is 8.79. The van der Waals surface area contributed by atoms with Gasteiger partial charge in [-0.25, -0.2) is 15.0 Å². The first kappa shape index (κ1) is 21.8. The summed E-state index contributed by atoms with van der Waals surface area (Å²) >= 11 is 0.861. The van der Waals surface area contributed by atoms with Gasteiger partial charge in [-0.2, -0.15) is 26.3 Å². The van der Waals surface area contributed by atoms with Crippen molar-refractivity contribution >= 4 is 49.6 Å². The van der Waals surface area contributed by atoms with Gasteiger partial charge in [0.1, 0.15) is 21.4 Å². The zero-order chi connectivity index (χ0) is 23.4. The molecule has 2 N–H and O–H groups in total. The maximum Gasteiger partial charge on any atom is 0.417 e. The normalized spacial score (nSPS) is 12.5. The Labute approximate surface area is 179 Å². The molecule has 4 aromatic rings. The van der Waals surface area contributed by atoms with E-state index in [4.69, 9.17) is 0 Å². The van der Waals surface area contributed by atoms with Crippen LogP contribution in [0.15, 0.2) is 24.5 Å². The lowest BCUT2D eigenvalue weighted by molar-refractivity contribution is -0.141. The number of pyridine rings is 1. The van der Waals surface area contributed by atoms with E-state index in [0.717, 1.165) is 11.3 Å². The maximum atomic E-state index is 13.3. The van der Waals surface area contributed by atoms with Crippen molar-refractivity contribution in [3.8, 4) is 0 Å². The Morgan fingerprint density at radius 1 is 1.06 bits per heavy atom. The van der Waals surface area contributed by atoms with E-state index in [2.05, 4.69) is 25.6 Å². The Morgan fingerprint density at radius 2 is 1.78 bits per heavy atom. The van der Waals surface area contributed by atoms with Gasteiger partial charge in [-0.1, -0.05) is 11.3 Å². The van der Waals surface area contributed by atoms with Crippen molar-refractivity contribution in [3.05, 3.63) is 41.2 Å². The quantitative estimate of drug-likeness (QED) is 0.413. The highest BCUT2D eigenvalue weighted by Gasteiger charge is 2.38. The van der Waals surface area contributed by atoms with E-state index in [1.165, 1.54) is 6.33 Å². The number of hydrogen-bond donors (Lipinski definition) is 2. The third kappa shape index (κ3) is 3.70. The van der Waals surface area contributed by atoms with Crippen LogP contribution in [0, 0.1) is 0 Å². The average molecular weight is 474 g/mol. The third-order valence-corrected chi connectivity index (χ3v) is 5.43. The number of nitrogens with zero attached hydrogens (tertiary/aromatic N) is 4. The van der Waals surface area contributed by atoms with Gasteiger partial charge in [0.05, 0.1) is 23.0 Å². The third-order valence-electron chi connectivity index (χ3n) is 4.56. The molecule has 0 aliphatic heterocycles. The number of aryl methyl sites for hydroxylation is 1. The van der Waals surface area contributed by atoms with E-state index < -0.39 is 35.0 Å². The van der Waals surface area contributed by atoms with Crippen LogP contribution >= 0.6 is 11.3 Å². The highest BCUT2D eigenvalue weighted by molar-refractivity contribution is 7.22. The number of halogens is 6. The van der Waals surface area contributed by atoms with E-state index >= 15 is 0 Å². The van der Waals surface area contributed by atoms with Crippen LogP contribution in [0.4, 0.5) is 37.3 Å². The van der Waals surface area contributed by atoms with Crippen molar-refractivity contribution in [1.29, 1.82) is 0 Å². The molecular weight excluding hydrogens is 462 g/mol. The molecule has 3 heterocycles. The summed E-state index contributed by atoms with van der Waals surface area (Å²) in [5.74, 6) is -0.954. The first-order chi connectivity index (χ1) is 14.9. The molecule has 0 radical (unpaired) electrons. The Balaban J connectivity index is 1.79. The van der Waals surface area contributed by atoms with Gasteiger partial charge in [-0.15, -0.1) is 0 Å². The van der Waals surface area contributed by atoms with E-state index in [0.29, 0.717) is 27.2 Å². The highest BCUT2D eigenvalue weighted by atomic mass is 32.1. The van der Waals surface area contributed by atoms with E-state index in [1.54, 1.807) is 18.7 Å². The summed E-state index contributed by atoms with van der Waals surface area (Å²) in [4.78, 5) is 25.7. The van der Waals surface area contributed by atoms with Crippen molar-refractivity contribution in [2.45, 2.75) is 12.4 Å². The van der Waals surface area contributed by atoms with Crippen LogP contribution in [0.3, 0.4) is 0 Å². The molecule has 32 heavy (non-hydrogen) atoms. The summed E-state index contributed by atoms with van der Waals surface area (Å²) in [6.45, 7) is 0. The fourth-order valence-electron chi connectivity index (χ4n) is 3.13. The van der Waals surface area contributed by atoms with Gasteiger partial charge in [0.2, 0.25) is 0 Å². The number of fused-ring (bicyclic) bond motifs is 3. The molecule has 1 aromatic carbocycles. The Bertz CT molecular complexity index is 1360. The van der Waals surface area contributed by atoms with Crippen LogP contribution in [-0.4, -0.2) is 32.5 Å². The number of anilines is 2. The van der Waals surface area contributed by atoms with Crippen LogP contribution < -0.4 is 10.6 Å². The number of rotatable bonds is 3. The molecule has 0 fully saturated rings. The van der Waals surface area contributed by atoms with Gasteiger partial charge in [0.25, 0.3) is 5.91 Å². The van der Waals surface area contributed by atoms with Gasteiger partial charge in [-0.3, -0.25) is 10.1 Å². The number of thiazole rings is 1. The second-order valence-electron chi connectivity index (χ2n) is 6.65. The predicted octanol–water partition coefficient (Wildman–Crippen LogP) is 4.91. The van der Waals surface area contributed by atoms with Crippen molar-refractivity contribution in [2.24, 2.45) is 7.05 Å². The minimum absolute atomic E-state index is 0.126. The number of amides is 1. The first-order valence-corrected chi connectivity index (χ1v) is 9.61. The van der Waals surface area contributed by atoms with Gasteiger partial charge in [0.15, 0.2) is 10.9 Å². The summed E-state index contributed by atoms with van der Waals surface area (Å²) < 4.78 is 80.6. The van der Waals surface area contributed by atoms with Gasteiger partial charge in [-0.05, 0) is 18.2 Å². The standard InChI is InChI=1S/C18H12F6N6OS/c1-25-13-10-12(30(2)6-26-10)11-15(28-13)32-16(27-11)29-14(31)8-5-7(17(19,20)21)3-4-9(8)18(22,23)24/h3-6H,1-2H3,(H,25,28)(H,27,29,31). The molecule has 0 bridgehead atoms. The Morgan fingerprint density at radius 3 is 2.41 bits per heavy atom. The largest absolute Gasteiger partial charge is 0.417 e. The SMILES string of the molecule is CNc1nc2sc(NC(=O)c3cc(C(F)(F)F)ccc3C(F)(F)F)nc2c2c1ncn2C. The molecule has 0 spiro atoms. The van der Waals surface area contributed by atoms with E-state index in [9.17, 15) is 31.1 Å². The van der Waals surface area contributed by atoms with E-state index in [1.807, 2.05) is 0 Å².